The molecule has 0 bridgehead atoms. The molecule has 5 nitrogen and oxygen atoms in total. The van der Waals surface area contributed by atoms with E-state index in [2.05, 4.69) is 5.32 Å². The Kier molecular flexibility index (Phi) is 5.33. The van der Waals surface area contributed by atoms with Crippen LogP contribution >= 0.6 is 0 Å². The summed E-state index contributed by atoms with van der Waals surface area (Å²) in [5.41, 5.74) is 0.802. The highest BCUT2D eigenvalue weighted by Gasteiger charge is 2.32. The molecule has 5 heteroatoms. The Bertz CT molecular complexity index is 488. The van der Waals surface area contributed by atoms with Gasteiger partial charge in [0.2, 0.25) is 11.8 Å². The largest absolute Gasteiger partial charge is 0.392 e. The molecule has 114 valence electrons. The number of rotatable bonds is 5. The molecule has 2 rings (SSSR count). The van der Waals surface area contributed by atoms with Gasteiger partial charge in [-0.05, 0) is 25.3 Å². The maximum absolute atomic E-state index is 12.5. The van der Waals surface area contributed by atoms with Crippen LogP contribution in [0.2, 0.25) is 0 Å². The molecule has 0 saturated carbocycles. The highest BCUT2D eigenvalue weighted by Crippen LogP contribution is 2.25. The minimum atomic E-state index is -0.613. The van der Waals surface area contributed by atoms with Gasteiger partial charge < -0.3 is 15.3 Å². The Morgan fingerprint density at radius 2 is 2.05 bits per heavy atom. The number of hydrogen-bond acceptors (Lipinski definition) is 3. The van der Waals surface area contributed by atoms with Gasteiger partial charge >= 0.3 is 0 Å². The SMILES string of the molecule is CC(O)CNC(=O)C(c1ccccc1)N1CCCCC1=O. The zero-order valence-electron chi connectivity index (χ0n) is 12.3. The number of carbonyl (C=O) groups excluding carboxylic acids is 2. The Labute approximate surface area is 125 Å². The van der Waals surface area contributed by atoms with E-state index in [0.29, 0.717) is 13.0 Å². The lowest BCUT2D eigenvalue weighted by Crippen LogP contribution is -2.46. The van der Waals surface area contributed by atoms with E-state index >= 15 is 0 Å². The first-order chi connectivity index (χ1) is 10.1. The molecule has 2 amide bonds. The highest BCUT2D eigenvalue weighted by molar-refractivity contribution is 5.89. The number of benzene rings is 1. The number of piperidine rings is 1. The third kappa shape index (κ3) is 4.04. The summed E-state index contributed by atoms with van der Waals surface area (Å²) >= 11 is 0. The highest BCUT2D eigenvalue weighted by atomic mass is 16.3. The third-order valence-corrected chi connectivity index (χ3v) is 3.61. The lowest BCUT2D eigenvalue weighted by Gasteiger charge is -2.34. The van der Waals surface area contributed by atoms with E-state index < -0.39 is 12.1 Å². The predicted molar refractivity (Wildman–Crippen MR) is 79.4 cm³/mol. The zero-order chi connectivity index (χ0) is 15.2. The van der Waals surface area contributed by atoms with Crippen LogP contribution in [0, 0.1) is 0 Å². The van der Waals surface area contributed by atoms with Gasteiger partial charge in [0.15, 0.2) is 0 Å². The molecule has 1 saturated heterocycles. The molecule has 0 radical (unpaired) electrons. The van der Waals surface area contributed by atoms with Crippen molar-refractivity contribution in [2.75, 3.05) is 13.1 Å². The Morgan fingerprint density at radius 3 is 2.67 bits per heavy atom. The van der Waals surface area contributed by atoms with Crippen molar-refractivity contribution in [1.82, 2.24) is 10.2 Å². The van der Waals surface area contributed by atoms with Gasteiger partial charge in [-0.25, -0.2) is 0 Å². The van der Waals surface area contributed by atoms with Crippen LogP contribution in [0.1, 0.15) is 37.8 Å². The number of hydrogen-bond donors (Lipinski definition) is 2. The lowest BCUT2D eigenvalue weighted by molar-refractivity contribution is -0.142. The van der Waals surface area contributed by atoms with Gasteiger partial charge in [-0.3, -0.25) is 9.59 Å². The van der Waals surface area contributed by atoms with Crippen LogP contribution in [0.25, 0.3) is 0 Å². The van der Waals surface area contributed by atoms with E-state index in [1.165, 1.54) is 0 Å². The van der Waals surface area contributed by atoms with Crippen LogP contribution < -0.4 is 5.32 Å². The minimum Gasteiger partial charge on any atom is -0.392 e. The molecule has 1 fully saturated rings. The van der Waals surface area contributed by atoms with Gasteiger partial charge in [-0.2, -0.15) is 0 Å². The Balaban J connectivity index is 2.21. The fourth-order valence-electron chi connectivity index (χ4n) is 2.55. The van der Waals surface area contributed by atoms with E-state index in [0.717, 1.165) is 18.4 Å². The van der Waals surface area contributed by atoms with Crippen LogP contribution in [-0.2, 0) is 9.59 Å². The predicted octanol–water partition coefficient (Wildman–Crippen LogP) is 1.24. The second kappa shape index (κ2) is 7.22. The first-order valence-corrected chi connectivity index (χ1v) is 7.40. The van der Waals surface area contributed by atoms with E-state index in [1.807, 2.05) is 30.3 Å². The number of amides is 2. The molecule has 1 aromatic carbocycles. The van der Waals surface area contributed by atoms with Crippen molar-refractivity contribution in [3.05, 3.63) is 35.9 Å². The molecule has 1 aromatic rings. The molecular weight excluding hydrogens is 268 g/mol. The van der Waals surface area contributed by atoms with Crippen molar-refractivity contribution in [2.45, 2.75) is 38.3 Å². The van der Waals surface area contributed by atoms with Gasteiger partial charge in [0.25, 0.3) is 0 Å². The van der Waals surface area contributed by atoms with Crippen molar-refractivity contribution in [3.63, 3.8) is 0 Å². The molecule has 1 aliphatic heterocycles. The molecular formula is C16H22N2O3. The average molecular weight is 290 g/mol. The van der Waals surface area contributed by atoms with Crippen molar-refractivity contribution >= 4 is 11.8 Å². The van der Waals surface area contributed by atoms with E-state index in [-0.39, 0.29) is 18.4 Å². The standard InChI is InChI=1S/C16H22N2O3/c1-12(19)11-17-16(21)15(13-7-3-2-4-8-13)18-10-6-5-9-14(18)20/h2-4,7-8,12,15,19H,5-6,9-11H2,1H3,(H,17,21). The molecule has 21 heavy (non-hydrogen) atoms. The topological polar surface area (TPSA) is 69.6 Å². The Hall–Kier alpha value is -1.88. The van der Waals surface area contributed by atoms with E-state index in [1.54, 1.807) is 11.8 Å². The second-order valence-electron chi connectivity index (χ2n) is 5.45. The summed E-state index contributed by atoms with van der Waals surface area (Å²) in [6, 6.07) is 8.70. The number of aliphatic hydroxyl groups excluding tert-OH is 1. The molecule has 2 unspecified atom stereocenters. The summed E-state index contributed by atoms with van der Waals surface area (Å²) in [6.07, 6.45) is 1.68. The molecule has 2 N–H and O–H groups in total. The van der Waals surface area contributed by atoms with Crippen LogP contribution in [-0.4, -0.2) is 41.0 Å². The van der Waals surface area contributed by atoms with Crippen LogP contribution in [0.5, 0.6) is 0 Å². The monoisotopic (exact) mass is 290 g/mol. The maximum atomic E-state index is 12.5. The summed E-state index contributed by atoms with van der Waals surface area (Å²) in [5, 5.41) is 12.0. The first kappa shape index (κ1) is 15.5. The van der Waals surface area contributed by atoms with Crippen molar-refractivity contribution in [2.24, 2.45) is 0 Å². The summed E-state index contributed by atoms with van der Waals surface area (Å²) in [5.74, 6) is -0.223. The molecule has 0 spiro atoms. The van der Waals surface area contributed by atoms with Crippen LogP contribution in [0.15, 0.2) is 30.3 Å². The fraction of sp³-hybridized carbons (Fsp3) is 0.500. The maximum Gasteiger partial charge on any atom is 0.247 e. The molecule has 1 heterocycles. The molecule has 0 aromatic heterocycles. The third-order valence-electron chi connectivity index (χ3n) is 3.61. The van der Waals surface area contributed by atoms with E-state index in [4.69, 9.17) is 0 Å². The van der Waals surface area contributed by atoms with Gasteiger partial charge in [0, 0.05) is 19.5 Å². The Morgan fingerprint density at radius 1 is 1.33 bits per heavy atom. The fourth-order valence-corrected chi connectivity index (χ4v) is 2.55. The van der Waals surface area contributed by atoms with Crippen molar-refractivity contribution in [1.29, 1.82) is 0 Å². The molecule has 0 aliphatic carbocycles. The lowest BCUT2D eigenvalue weighted by atomic mass is 10.0. The summed E-state index contributed by atoms with van der Waals surface area (Å²) in [7, 11) is 0. The zero-order valence-corrected chi connectivity index (χ0v) is 12.3. The van der Waals surface area contributed by atoms with Gasteiger partial charge in [0.1, 0.15) is 6.04 Å². The number of carbonyl (C=O) groups is 2. The van der Waals surface area contributed by atoms with Crippen LogP contribution in [0.3, 0.4) is 0 Å². The first-order valence-electron chi connectivity index (χ1n) is 7.40. The van der Waals surface area contributed by atoms with Crippen LogP contribution in [0.4, 0.5) is 0 Å². The smallest absolute Gasteiger partial charge is 0.247 e. The number of nitrogens with zero attached hydrogens (tertiary/aromatic N) is 1. The summed E-state index contributed by atoms with van der Waals surface area (Å²) < 4.78 is 0. The summed E-state index contributed by atoms with van der Waals surface area (Å²) in [6.45, 7) is 2.40. The van der Waals surface area contributed by atoms with Crippen molar-refractivity contribution in [3.8, 4) is 0 Å². The van der Waals surface area contributed by atoms with E-state index in [9.17, 15) is 14.7 Å². The second-order valence-corrected chi connectivity index (χ2v) is 5.45. The van der Waals surface area contributed by atoms with Gasteiger partial charge in [-0.1, -0.05) is 30.3 Å². The number of likely N-dealkylation sites (tertiary alicyclic amines) is 1. The quantitative estimate of drug-likeness (QED) is 0.857. The molecule has 2 atom stereocenters. The summed E-state index contributed by atoms with van der Waals surface area (Å²) in [4.78, 5) is 26.3. The number of aliphatic hydroxyl groups is 1. The normalized spacial score (nSPS) is 18.2. The number of nitrogens with one attached hydrogen (secondary N) is 1. The van der Waals surface area contributed by atoms with Gasteiger partial charge in [0.05, 0.1) is 6.10 Å². The van der Waals surface area contributed by atoms with Gasteiger partial charge in [-0.15, -0.1) is 0 Å². The average Bonchev–Trinajstić information content (AvgIpc) is 2.48. The molecule has 1 aliphatic rings. The minimum absolute atomic E-state index is 0.0160. The van der Waals surface area contributed by atoms with Crippen molar-refractivity contribution < 1.29 is 14.7 Å².